The van der Waals surface area contributed by atoms with Crippen molar-refractivity contribution in [2.75, 3.05) is 7.11 Å². The third kappa shape index (κ3) is 2.92. The van der Waals surface area contributed by atoms with Crippen LogP contribution in [0.3, 0.4) is 0 Å². The summed E-state index contributed by atoms with van der Waals surface area (Å²) in [7, 11) is 1.41. The molecule has 0 radical (unpaired) electrons. The number of carbonyl (C=O) groups excluding carboxylic acids is 1. The van der Waals surface area contributed by atoms with Crippen molar-refractivity contribution >= 4 is 5.97 Å². The van der Waals surface area contributed by atoms with Crippen LogP contribution in [0.2, 0.25) is 0 Å². The fourth-order valence-electron chi connectivity index (χ4n) is 1.55. The second kappa shape index (κ2) is 4.85. The molecule has 1 atom stereocenters. The molecule has 2 nitrogen and oxygen atoms in total. The molecule has 0 saturated heterocycles. The van der Waals surface area contributed by atoms with Crippen LogP contribution < -0.4 is 0 Å². The largest absolute Gasteiger partial charge is 0.469 e. The van der Waals surface area contributed by atoms with Crippen molar-refractivity contribution in [1.82, 2.24) is 0 Å². The smallest absolute Gasteiger partial charge is 0.309 e. The first-order valence-electron chi connectivity index (χ1n) is 4.87. The summed E-state index contributed by atoms with van der Waals surface area (Å²) in [5, 5.41) is 0. The zero-order valence-corrected chi connectivity index (χ0v) is 8.80. The molecule has 0 aromatic rings. The maximum atomic E-state index is 11.3. The van der Waals surface area contributed by atoms with Gasteiger partial charge in [0.15, 0.2) is 0 Å². The summed E-state index contributed by atoms with van der Waals surface area (Å²) < 4.78 is 4.71. The third-order valence-corrected chi connectivity index (χ3v) is 2.55. The van der Waals surface area contributed by atoms with Crippen LogP contribution in [-0.4, -0.2) is 13.1 Å². The van der Waals surface area contributed by atoms with Crippen LogP contribution in [0.1, 0.15) is 32.6 Å². The summed E-state index contributed by atoms with van der Waals surface area (Å²) in [6.45, 7) is 2.08. The summed E-state index contributed by atoms with van der Waals surface area (Å²) in [5.74, 6) is 2.18. The molecule has 1 saturated carbocycles. The summed E-state index contributed by atoms with van der Waals surface area (Å²) >= 11 is 0. The molecule has 1 aliphatic carbocycles. The molecule has 1 rings (SSSR count). The van der Waals surface area contributed by atoms with Gasteiger partial charge in [-0.15, -0.1) is 12.3 Å². The van der Waals surface area contributed by atoms with Crippen molar-refractivity contribution in [3.05, 3.63) is 11.1 Å². The standard InChI is InChI=1S/C12H16O2/c1-4-5-11(12(13)14-3)8-9(2)10-6-7-10/h1,11H,5-8H2,2-3H3. The number of ether oxygens (including phenoxy) is 1. The second-order valence-electron chi connectivity index (χ2n) is 3.72. The number of hydrogen-bond donors (Lipinski definition) is 0. The average molecular weight is 192 g/mol. The maximum Gasteiger partial charge on any atom is 0.309 e. The van der Waals surface area contributed by atoms with Crippen molar-refractivity contribution in [2.45, 2.75) is 32.6 Å². The quantitative estimate of drug-likeness (QED) is 0.388. The van der Waals surface area contributed by atoms with Crippen LogP contribution in [0.15, 0.2) is 11.1 Å². The molecule has 0 aromatic carbocycles. The molecule has 2 heteroatoms. The van der Waals surface area contributed by atoms with Gasteiger partial charge in [0.2, 0.25) is 0 Å². The Morgan fingerprint density at radius 1 is 1.64 bits per heavy atom. The van der Waals surface area contributed by atoms with Gasteiger partial charge in [-0.2, -0.15) is 0 Å². The normalized spacial score (nSPS) is 15.6. The summed E-state index contributed by atoms with van der Waals surface area (Å²) in [4.78, 5) is 11.3. The molecule has 0 bridgehead atoms. The first-order valence-corrected chi connectivity index (χ1v) is 4.87. The molecule has 76 valence electrons. The zero-order valence-electron chi connectivity index (χ0n) is 8.80. The van der Waals surface area contributed by atoms with E-state index in [4.69, 9.17) is 11.2 Å². The van der Waals surface area contributed by atoms with Crippen LogP contribution in [-0.2, 0) is 9.53 Å². The Morgan fingerprint density at radius 3 is 2.71 bits per heavy atom. The van der Waals surface area contributed by atoms with Gasteiger partial charge in [0.1, 0.15) is 0 Å². The number of hydrogen-bond acceptors (Lipinski definition) is 2. The highest BCUT2D eigenvalue weighted by atomic mass is 16.5. The van der Waals surface area contributed by atoms with Gasteiger partial charge in [-0.1, -0.05) is 11.1 Å². The summed E-state index contributed by atoms with van der Waals surface area (Å²) in [6, 6.07) is 0. The molecule has 1 unspecified atom stereocenters. The number of allylic oxidation sites excluding steroid dienone is 2. The van der Waals surface area contributed by atoms with Crippen LogP contribution in [0.25, 0.3) is 0 Å². The van der Waals surface area contributed by atoms with Gasteiger partial charge in [0, 0.05) is 6.42 Å². The molecule has 0 aromatic heterocycles. The monoisotopic (exact) mass is 192 g/mol. The van der Waals surface area contributed by atoms with Crippen molar-refractivity contribution in [2.24, 2.45) is 5.92 Å². The molecule has 0 heterocycles. The molecule has 0 aliphatic heterocycles. The Kier molecular flexibility index (Phi) is 3.76. The topological polar surface area (TPSA) is 26.3 Å². The van der Waals surface area contributed by atoms with Crippen LogP contribution >= 0.6 is 0 Å². The Hall–Kier alpha value is -1.23. The summed E-state index contributed by atoms with van der Waals surface area (Å²) in [5.41, 5.74) is 2.80. The van der Waals surface area contributed by atoms with E-state index in [1.54, 1.807) is 0 Å². The first-order chi connectivity index (χ1) is 6.69. The first kappa shape index (κ1) is 10.8. The predicted molar refractivity (Wildman–Crippen MR) is 55.5 cm³/mol. The SMILES string of the molecule is C#CCC(CC(C)=C1CC1)C(=O)OC. The van der Waals surface area contributed by atoms with E-state index in [0.717, 1.165) is 6.42 Å². The molecular weight excluding hydrogens is 176 g/mol. The van der Waals surface area contributed by atoms with E-state index in [1.165, 1.54) is 31.1 Å². The maximum absolute atomic E-state index is 11.3. The van der Waals surface area contributed by atoms with E-state index in [9.17, 15) is 4.79 Å². The van der Waals surface area contributed by atoms with Gasteiger partial charge < -0.3 is 4.74 Å². The number of carbonyl (C=O) groups is 1. The molecule has 1 aliphatic rings. The van der Waals surface area contributed by atoms with E-state index in [0.29, 0.717) is 6.42 Å². The molecular formula is C12H16O2. The van der Waals surface area contributed by atoms with Crippen LogP contribution in [0.5, 0.6) is 0 Å². The molecule has 1 fully saturated rings. The van der Waals surface area contributed by atoms with E-state index < -0.39 is 0 Å². The minimum Gasteiger partial charge on any atom is -0.469 e. The zero-order chi connectivity index (χ0) is 10.6. The fourth-order valence-corrected chi connectivity index (χ4v) is 1.55. The van der Waals surface area contributed by atoms with Crippen molar-refractivity contribution < 1.29 is 9.53 Å². The summed E-state index contributed by atoms with van der Waals surface area (Å²) in [6.07, 6.45) is 8.82. The Morgan fingerprint density at radius 2 is 2.29 bits per heavy atom. The van der Waals surface area contributed by atoms with E-state index in [-0.39, 0.29) is 11.9 Å². The highest BCUT2D eigenvalue weighted by molar-refractivity contribution is 5.73. The lowest BCUT2D eigenvalue weighted by molar-refractivity contribution is -0.145. The van der Waals surface area contributed by atoms with Crippen molar-refractivity contribution in [1.29, 1.82) is 0 Å². The third-order valence-electron chi connectivity index (χ3n) is 2.55. The van der Waals surface area contributed by atoms with Crippen LogP contribution in [0, 0.1) is 18.3 Å². The Labute approximate surface area is 85.3 Å². The minimum absolute atomic E-state index is 0.155. The van der Waals surface area contributed by atoms with Gasteiger partial charge >= 0.3 is 5.97 Å². The lowest BCUT2D eigenvalue weighted by Gasteiger charge is -2.11. The molecule has 0 amide bonds. The minimum atomic E-state index is -0.191. The number of terminal acetylenes is 1. The number of rotatable bonds is 4. The number of esters is 1. The van der Waals surface area contributed by atoms with Crippen molar-refractivity contribution in [3.63, 3.8) is 0 Å². The highest BCUT2D eigenvalue weighted by Crippen LogP contribution is 2.34. The van der Waals surface area contributed by atoms with Gasteiger partial charge in [-0.3, -0.25) is 4.79 Å². The van der Waals surface area contributed by atoms with Crippen molar-refractivity contribution in [3.8, 4) is 12.3 Å². The molecule has 0 N–H and O–H groups in total. The second-order valence-corrected chi connectivity index (χ2v) is 3.72. The van der Waals surface area contributed by atoms with Crippen LogP contribution in [0.4, 0.5) is 0 Å². The average Bonchev–Trinajstić information content (AvgIpc) is 2.99. The Balaban J connectivity index is 2.55. The van der Waals surface area contributed by atoms with E-state index in [1.807, 2.05) is 0 Å². The molecule has 14 heavy (non-hydrogen) atoms. The highest BCUT2D eigenvalue weighted by Gasteiger charge is 2.22. The number of methoxy groups -OCH3 is 1. The van der Waals surface area contributed by atoms with Gasteiger partial charge in [0.05, 0.1) is 13.0 Å². The fraction of sp³-hybridized carbons (Fsp3) is 0.583. The van der Waals surface area contributed by atoms with Gasteiger partial charge in [0.25, 0.3) is 0 Å². The Bertz CT molecular complexity index is 288. The van der Waals surface area contributed by atoms with E-state index >= 15 is 0 Å². The molecule has 0 spiro atoms. The van der Waals surface area contributed by atoms with Gasteiger partial charge in [-0.05, 0) is 26.2 Å². The lowest BCUT2D eigenvalue weighted by atomic mass is 9.97. The van der Waals surface area contributed by atoms with Gasteiger partial charge in [-0.25, -0.2) is 0 Å². The van der Waals surface area contributed by atoms with E-state index in [2.05, 4.69) is 12.8 Å². The predicted octanol–water partition coefficient (Wildman–Crippen LogP) is 2.30. The lowest BCUT2D eigenvalue weighted by Crippen LogP contribution is -2.16.